The Bertz CT molecular complexity index is 3220. The Morgan fingerprint density at radius 2 is 1.09 bits per heavy atom. The van der Waals surface area contributed by atoms with Crippen molar-refractivity contribution in [3.8, 4) is 0 Å². The maximum atomic E-state index is 16.1. The molecule has 0 radical (unpaired) electrons. The number of hydrogen-bond donors (Lipinski definition) is 21. The normalized spacial score (nSPS) is 53.0. The van der Waals surface area contributed by atoms with Crippen molar-refractivity contribution in [3.05, 3.63) is 11.6 Å². The molecule has 12 aliphatic rings. The minimum absolute atomic E-state index is 0.00708. The maximum absolute atomic E-state index is 16.1. The summed E-state index contributed by atoms with van der Waals surface area (Å²) in [6.07, 6.45) is -52.9. The van der Waals surface area contributed by atoms with E-state index in [4.69, 9.17) is 66.3 Å². The summed E-state index contributed by atoms with van der Waals surface area (Å²) in [5, 5.41) is 225. The third-order valence-electron chi connectivity index (χ3n) is 27.4. The van der Waals surface area contributed by atoms with Crippen molar-refractivity contribution in [2.75, 3.05) is 39.6 Å². The Balaban J connectivity index is 0.821. The summed E-state index contributed by atoms with van der Waals surface area (Å²) in [5.74, 6) is -5.09. The molecule has 38 heteroatoms. The number of fused-ring (bicyclic) bond motifs is 7. The quantitative estimate of drug-likeness (QED) is 0.0288. The lowest BCUT2D eigenvalue weighted by atomic mass is 9.33. The first kappa shape index (κ1) is 86.2. The number of allylic oxidation sites excluding steroid dienone is 2. The lowest BCUT2D eigenvalue weighted by molar-refractivity contribution is -0.393. The van der Waals surface area contributed by atoms with Gasteiger partial charge in [-0.15, -0.1) is 0 Å². The maximum Gasteiger partial charge on any atom is 0.335 e. The van der Waals surface area contributed by atoms with Crippen molar-refractivity contribution in [2.45, 2.75) is 328 Å². The van der Waals surface area contributed by atoms with Crippen LogP contribution in [0, 0.1) is 50.2 Å². The third-order valence-corrected chi connectivity index (χ3v) is 27.4. The number of carbonyl (C=O) groups is 3. The van der Waals surface area contributed by atoms with Crippen LogP contribution in [0.4, 0.5) is 0 Å². The molecule has 42 atom stereocenters. The molecule has 38 nitrogen and oxygen atoms in total. The highest BCUT2D eigenvalue weighted by atomic mass is 16.8. The summed E-state index contributed by atoms with van der Waals surface area (Å²) in [4.78, 5) is 42.9. The van der Waals surface area contributed by atoms with Gasteiger partial charge < -0.3 is 174 Å². The van der Waals surface area contributed by atoms with Gasteiger partial charge in [0.25, 0.3) is 0 Å². The van der Waals surface area contributed by atoms with Crippen LogP contribution in [-0.4, -0.2) is 368 Å². The molecule has 21 N–H and O–H groups in total. The van der Waals surface area contributed by atoms with Crippen LogP contribution < -0.4 is 5.32 Å². The van der Waals surface area contributed by atoms with E-state index in [1.54, 1.807) is 6.92 Å². The summed E-state index contributed by atoms with van der Waals surface area (Å²) in [7, 11) is 0. The molecule has 1 amide bonds. The van der Waals surface area contributed by atoms with Crippen molar-refractivity contribution in [3.63, 3.8) is 0 Å². The molecule has 4 saturated carbocycles. The van der Waals surface area contributed by atoms with Gasteiger partial charge in [-0.1, -0.05) is 60.1 Å². The molecule has 7 saturated heterocycles. The molecule has 630 valence electrons. The van der Waals surface area contributed by atoms with Gasteiger partial charge in [-0.3, -0.25) is 9.59 Å². The number of amides is 1. The molecule has 0 aromatic rings. The fourth-order valence-corrected chi connectivity index (χ4v) is 20.7. The smallest absolute Gasteiger partial charge is 0.335 e. The molecule has 19 unspecified atom stereocenters. The second-order valence-electron chi connectivity index (χ2n) is 34.3. The Morgan fingerprint density at radius 1 is 0.527 bits per heavy atom. The first-order valence-electron chi connectivity index (χ1n) is 38.3. The Morgan fingerprint density at radius 3 is 1.70 bits per heavy atom. The molecule has 0 spiro atoms. The number of aliphatic hydroxyl groups is 19. The largest absolute Gasteiger partial charge is 0.479 e. The average Bonchev–Trinajstić information content (AvgIpc) is 0.730. The number of esters is 1. The molecule has 5 aliphatic carbocycles. The van der Waals surface area contributed by atoms with E-state index in [1.807, 2.05) is 20.8 Å². The predicted molar refractivity (Wildman–Crippen MR) is 361 cm³/mol. The van der Waals surface area contributed by atoms with E-state index in [0.717, 1.165) is 5.57 Å². The fraction of sp³-hybridized carbons (Fsp3) is 0.931. The molecule has 0 bridgehead atoms. The number of hydrogen-bond acceptors (Lipinski definition) is 36. The van der Waals surface area contributed by atoms with Crippen molar-refractivity contribution in [1.82, 2.24) is 5.32 Å². The molecular weight excluding hydrogens is 1470 g/mol. The van der Waals surface area contributed by atoms with Gasteiger partial charge in [0.2, 0.25) is 12.2 Å². The zero-order valence-electron chi connectivity index (χ0n) is 62.6. The zero-order chi connectivity index (χ0) is 80.3. The molecule has 7 aliphatic heterocycles. The van der Waals surface area contributed by atoms with E-state index < -0.39 is 311 Å². The van der Waals surface area contributed by atoms with E-state index in [-0.39, 0.29) is 31.6 Å². The Labute approximate surface area is 633 Å². The summed E-state index contributed by atoms with van der Waals surface area (Å²) >= 11 is 0. The minimum Gasteiger partial charge on any atom is -0.479 e. The highest BCUT2D eigenvalue weighted by molar-refractivity contribution is 5.80. The first-order valence-corrected chi connectivity index (χ1v) is 38.3. The first-order chi connectivity index (χ1) is 51.7. The van der Waals surface area contributed by atoms with Gasteiger partial charge >= 0.3 is 11.9 Å². The number of aliphatic hydroxyl groups excluding tert-OH is 19. The number of carbonyl (C=O) groups excluding carboxylic acids is 2. The van der Waals surface area contributed by atoms with E-state index >= 15 is 4.79 Å². The number of rotatable bonds is 21. The highest BCUT2D eigenvalue weighted by Gasteiger charge is 2.73. The predicted octanol–water partition coefficient (Wildman–Crippen LogP) is -7.05. The Kier molecular flexibility index (Phi) is 25.9. The molecule has 7 heterocycles. The zero-order valence-corrected chi connectivity index (χ0v) is 62.6. The van der Waals surface area contributed by atoms with Crippen LogP contribution in [0.15, 0.2) is 11.6 Å². The van der Waals surface area contributed by atoms with Gasteiger partial charge in [0.05, 0.1) is 63.5 Å². The second-order valence-corrected chi connectivity index (χ2v) is 34.3. The molecule has 110 heavy (non-hydrogen) atoms. The van der Waals surface area contributed by atoms with Gasteiger partial charge in [-0.05, 0) is 111 Å². The van der Waals surface area contributed by atoms with E-state index in [9.17, 15) is 112 Å². The van der Waals surface area contributed by atoms with E-state index in [0.29, 0.717) is 38.5 Å². The lowest BCUT2D eigenvalue weighted by Gasteiger charge is -2.72. The summed E-state index contributed by atoms with van der Waals surface area (Å²) in [6.45, 7) is 11.1. The van der Waals surface area contributed by atoms with Crippen molar-refractivity contribution < 1.29 is 183 Å². The summed E-state index contributed by atoms with van der Waals surface area (Å²) in [6, 6.07) is -1.66. The molecular formula is C72H115NO37. The van der Waals surface area contributed by atoms with Crippen LogP contribution in [0.2, 0.25) is 0 Å². The van der Waals surface area contributed by atoms with Gasteiger partial charge in [0.1, 0.15) is 134 Å². The van der Waals surface area contributed by atoms with Crippen LogP contribution >= 0.6 is 0 Å². The minimum atomic E-state index is -2.22. The molecule has 0 aromatic heterocycles. The van der Waals surface area contributed by atoms with Gasteiger partial charge in [-0.2, -0.15) is 0 Å². The highest BCUT2D eigenvalue weighted by Crippen LogP contribution is 2.76. The summed E-state index contributed by atoms with van der Waals surface area (Å²) in [5.41, 5.74) is -4.84. The van der Waals surface area contributed by atoms with Gasteiger partial charge in [0, 0.05) is 5.41 Å². The van der Waals surface area contributed by atoms with E-state index in [1.165, 1.54) is 6.92 Å². The van der Waals surface area contributed by atoms with Crippen molar-refractivity contribution in [1.29, 1.82) is 0 Å². The topological polar surface area (TPSA) is 597 Å². The number of carboxylic acid groups (broad SMARTS) is 1. The summed E-state index contributed by atoms with van der Waals surface area (Å²) < 4.78 is 84.0. The second kappa shape index (κ2) is 33.0. The van der Waals surface area contributed by atoms with Gasteiger partial charge in [-0.25, -0.2) is 4.79 Å². The van der Waals surface area contributed by atoms with Crippen molar-refractivity contribution >= 4 is 17.8 Å². The van der Waals surface area contributed by atoms with Crippen molar-refractivity contribution in [2.24, 2.45) is 50.2 Å². The number of carboxylic acids is 1. The fourth-order valence-electron chi connectivity index (χ4n) is 20.7. The SMILES string of the molecule is CC[C@@H]1O[C@@H](OCC(=O)N[C@H]2C(CO)O[C@@H](OC(=O)[C@]34CCC(C)(C)CC3C3=CCC5C6(C)CC[C@H](O[C@@H]7OC(C(=O)O)[C@@H](O)[C@H](O[C@@H]8OC[C@@H](O)[C@H](O)C8O)C7O[C@@H]7OC(CO)[C@H](O)[C@H](O)C7O)[C@](C)(CO)[C@@H]6CC[C@]5(C)[C@]3(C)CC4O)C(O[C@@H]3OC(C)[C@H](O[C@@H]4OC[C@@H](O)C(O)C4O)C(O)C3O)C2O)C(O)C1O. The lowest BCUT2D eigenvalue weighted by Crippen LogP contribution is -2.70. The molecule has 11 fully saturated rings. The average molecular weight is 1590 g/mol. The van der Waals surface area contributed by atoms with Crippen LogP contribution in [0.1, 0.15) is 120 Å². The standard InChI is InChI=1S/C72H115NO37/c1-9-31-42(83)49(90)59(101-31)99-24-38(80)73-39-32(20-74)102-64(56(44(39)85)108-62-51(92)46(87)53(26(2)100-62)105-60-47(88)40(81)29(77)22-97-60)110-66(96)72-17-16-67(3,4)18-28(72)27-10-11-35-68(5)14-13-37(69(6,25-76)34(68)12-15-70(35,7)71(27,8)19-36(72)79)104-65-57(109-63-50(91)45(86)43(84)33(21-75)103-63)54(52(93)55(107-65)58(94)95)106-61-48(89)41(82)30(78)23-98-61/h10,26,28-37,39-57,59-65,74-79,81-93H,9,11-25H2,1-8H3,(H,73,80)(H,94,95)/t26?,28?,29-,30-,31+,32?,33?,34-,35?,36?,37+,39+,40?,41+,42?,43+,44?,45+,46?,47?,48?,49?,50?,51?,52+,53+,54+,55?,56?,57?,59-,60+,61+,62+,63+,64+,65-,68?,69-,70+,71-,72-/m1/s1. The van der Waals surface area contributed by atoms with Crippen LogP contribution in [0.3, 0.4) is 0 Å². The van der Waals surface area contributed by atoms with Crippen LogP contribution in [0.5, 0.6) is 0 Å². The monoisotopic (exact) mass is 1590 g/mol. The number of ether oxygens (including phenoxy) is 14. The van der Waals surface area contributed by atoms with E-state index in [2.05, 4.69) is 32.2 Å². The third kappa shape index (κ3) is 15.1. The molecule has 0 aromatic carbocycles. The molecule has 12 rings (SSSR count). The number of aliphatic carboxylic acids is 1. The van der Waals surface area contributed by atoms with Gasteiger partial charge in [0.15, 0.2) is 49.9 Å². The van der Waals surface area contributed by atoms with Crippen LogP contribution in [0.25, 0.3) is 0 Å². The van der Waals surface area contributed by atoms with Crippen LogP contribution in [-0.2, 0) is 80.7 Å². The Hall–Kier alpha value is -3.13. The number of nitrogens with one attached hydrogen (secondary N) is 1.